The number of hydrogen-bond acceptors (Lipinski definition) is 4. The molecule has 0 saturated carbocycles. The topological polar surface area (TPSA) is 101 Å². The van der Waals surface area contributed by atoms with E-state index in [1.54, 1.807) is 24.3 Å². The van der Waals surface area contributed by atoms with Gasteiger partial charge in [-0.25, -0.2) is 13.1 Å². The fraction of sp³-hybridized carbons (Fsp3) is 0.500. The summed E-state index contributed by atoms with van der Waals surface area (Å²) in [6, 6.07) is 5.81. The van der Waals surface area contributed by atoms with Gasteiger partial charge in [0.15, 0.2) is 0 Å². The van der Waals surface area contributed by atoms with Crippen LogP contribution in [-0.4, -0.2) is 25.9 Å². The highest BCUT2D eigenvalue weighted by atomic mass is 32.2. The smallest absolute Gasteiger partial charge is 0.238 e. The zero-order valence-corrected chi connectivity index (χ0v) is 13.6. The highest BCUT2D eigenvalue weighted by Crippen LogP contribution is 2.10. The first-order valence-electron chi connectivity index (χ1n) is 6.65. The van der Waals surface area contributed by atoms with Gasteiger partial charge in [0, 0.05) is 11.2 Å². The number of anilines is 1. The monoisotopic (exact) mass is 313 g/mol. The predicted octanol–water partition coefficient (Wildman–Crippen LogP) is 0.991. The summed E-state index contributed by atoms with van der Waals surface area (Å²) in [5.41, 5.74) is 6.28. The van der Waals surface area contributed by atoms with Gasteiger partial charge in [0.25, 0.3) is 0 Å². The lowest BCUT2D eigenvalue weighted by Crippen LogP contribution is -2.50. The molecule has 0 aromatic heterocycles. The van der Waals surface area contributed by atoms with Crippen molar-refractivity contribution in [2.24, 2.45) is 0 Å². The Morgan fingerprint density at radius 1 is 1.33 bits per heavy atom. The van der Waals surface area contributed by atoms with Crippen LogP contribution in [0.2, 0.25) is 0 Å². The molecule has 0 bridgehead atoms. The van der Waals surface area contributed by atoms with Crippen LogP contribution in [0.3, 0.4) is 0 Å². The SMILES string of the molecule is CC(NS(=O)(=O)Cc1cccc(N)c1)C(=O)NC(C)(C)C. The molecule has 6 nitrogen and oxygen atoms in total. The molecule has 4 N–H and O–H groups in total. The maximum atomic E-state index is 12.1. The van der Waals surface area contributed by atoms with E-state index in [1.165, 1.54) is 6.92 Å². The largest absolute Gasteiger partial charge is 0.399 e. The number of carbonyl (C=O) groups is 1. The Bertz CT molecular complexity index is 606. The highest BCUT2D eigenvalue weighted by Gasteiger charge is 2.23. The van der Waals surface area contributed by atoms with Crippen LogP contribution >= 0.6 is 0 Å². The molecular weight excluding hydrogens is 290 g/mol. The minimum atomic E-state index is -3.62. The number of hydrogen-bond donors (Lipinski definition) is 3. The van der Waals surface area contributed by atoms with E-state index < -0.39 is 21.6 Å². The molecule has 0 heterocycles. The summed E-state index contributed by atoms with van der Waals surface area (Å²) in [5.74, 6) is -0.579. The van der Waals surface area contributed by atoms with Gasteiger partial charge in [-0.05, 0) is 45.4 Å². The number of sulfonamides is 1. The van der Waals surface area contributed by atoms with E-state index in [-0.39, 0.29) is 11.7 Å². The zero-order chi connectivity index (χ0) is 16.3. The van der Waals surface area contributed by atoms with Crippen LogP contribution in [0.15, 0.2) is 24.3 Å². The summed E-state index contributed by atoms with van der Waals surface area (Å²) in [4.78, 5) is 11.9. The molecule has 0 aliphatic carbocycles. The summed E-state index contributed by atoms with van der Waals surface area (Å²) in [7, 11) is -3.62. The Balaban J connectivity index is 2.70. The Morgan fingerprint density at radius 2 is 1.95 bits per heavy atom. The Labute approximate surface area is 126 Å². The van der Waals surface area contributed by atoms with Crippen molar-refractivity contribution >= 4 is 21.6 Å². The van der Waals surface area contributed by atoms with Gasteiger partial charge in [-0.3, -0.25) is 4.79 Å². The first-order valence-corrected chi connectivity index (χ1v) is 8.30. The molecule has 1 aromatic rings. The summed E-state index contributed by atoms with van der Waals surface area (Å²) < 4.78 is 26.5. The molecule has 1 aromatic carbocycles. The van der Waals surface area contributed by atoms with Crippen LogP contribution < -0.4 is 15.8 Å². The Hall–Kier alpha value is -1.60. The summed E-state index contributed by atoms with van der Waals surface area (Å²) in [6.07, 6.45) is 0. The van der Waals surface area contributed by atoms with E-state index in [1.807, 2.05) is 20.8 Å². The highest BCUT2D eigenvalue weighted by molar-refractivity contribution is 7.88. The normalized spacial score (nSPS) is 13.7. The fourth-order valence-corrected chi connectivity index (χ4v) is 3.09. The van der Waals surface area contributed by atoms with Gasteiger partial charge in [-0.2, -0.15) is 0 Å². The summed E-state index contributed by atoms with van der Waals surface area (Å²) >= 11 is 0. The minimum absolute atomic E-state index is 0.217. The second-order valence-corrected chi connectivity index (χ2v) is 7.84. The van der Waals surface area contributed by atoms with Crippen molar-refractivity contribution in [2.45, 2.75) is 45.0 Å². The molecule has 1 unspecified atom stereocenters. The molecule has 0 radical (unpaired) electrons. The number of rotatable bonds is 5. The van der Waals surface area contributed by atoms with Crippen LogP contribution in [0, 0.1) is 0 Å². The van der Waals surface area contributed by atoms with Crippen LogP contribution in [0.1, 0.15) is 33.3 Å². The van der Waals surface area contributed by atoms with Crippen molar-refractivity contribution in [2.75, 3.05) is 5.73 Å². The summed E-state index contributed by atoms with van der Waals surface area (Å²) in [5, 5.41) is 2.73. The van der Waals surface area contributed by atoms with Crippen molar-refractivity contribution in [1.82, 2.24) is 10.0 Å². The molecule has 118 valence electrons. The second kappa shape index (κ2) is 6.44. The summed E-state index contributed by atoms with van der Waals surface area (Å²) in [6.45, 7) is 7.01. The molecule has 21 heavy (non-hydrogen) atoms. The van der Waals surface area contributed by atoms with Crippen LogP contribution in [-0.2, 0) is 20.6 Å². The molecule has 0 saturated heterocycles. The van der Waals surface area contributed by atoms with Gasteiger partial charge in [0.1, 0.15) is 0 Å². The molecule has 1 rings (SSSR count). The van der Waals surface area contributed by atoms with E-state index in [4.69, 9.17) is 5.73 Å². The third-order valence-corrected chi connectivity index (χ3v) is 3.98. The van der Waals surface area contributed by atoms with Crippen molar-refractivity contribution < 1.29 is 13.2 Å². The molecule has 0 fully saturated rings. The molecule has 7 heteroatoms. The van der Waals surface area contributed by atoms with E-state index >= 15 is 0 Å². The van der Waals surface area contributed by atoms with E-state index in [0.717, 1.165) is 0 Å². The molecule has 0 aliphatic rings. The molecular formula is C14H23N3O3S. The zero-order valence-electron chi connectivity index (χ0n) is 12.8. The number of nitrogen functional groups attached to an aromatic ring is 1. The van der Waals surface area contributed by atoms with Gasteiger partial charge in [0.2, 0.25) is 15.9 Å². The second-order valence-electron chi connectivity index (χ2n) is 6.08. The number of nitrogens with two attached hydrogens (primary N) is 1. The standard InChI is InChI=1S/C14H23N3O3S/c1-10(13(18)16-14(2,3)4)17-21(19,20)9-11-6-5-7-12(15)8-11/h5-8,10,17H,9,15H2,1-4H3,(H,16,18). The van der Waals surface area contributed by atoms with Crippen LogP contribution in [0.25, 0.3) is 0 Å². The quantitative estimate of drug-likeness (QED) is 0.706. The lowest BCUT2D eigenvalue weighted by molar-refractivity contribution is -0.123. The average molecular weight is 313 g/mol. The van der Waals surface area contributed by atoms with Gasteiger partial charge in [-0.15, -0.1) is 0 Å². The number of carbonyl (C=O) groups excluding carboxylic acids is 1. The molecule has 1 amide bonds. The van der Waals surface area contributed by atoms with Crippen LogP contribution in [0.5, 0.6) is 0 Å². The Morgan fingerprint density at radius 3 is 2.48 bits per heavy atom. The van der Waals surface area contributed by atoms with E-state index in [0.29, 0.717) is 11.3 Å². The maximum absolute atomic E-state index is 12.1. The number of benzene rings is 1. The van der Waals surface area contributed by atoms with Gasteiger partial charge < -0.3 is 11.1 Å². The number of amides is 1. The van der Waals surface area contributed by atoms with E-state index in [2.05, 4.69) is 10.0 Å². The third-order valence-electron chi connectivity index (χ3n) is 2.56. The minimum Gasteiger partial charge on any atom is -0.399 e. The van der Waals surface area contributed by atoms with Gasteiger partial charge in [0.05, 0.1) is 11.8 Å². The van der Waals surface area contributed by atoms with Crippen LogP contribution in [0.4, 0.5) is 5.69 Å². The number of nitrogens with one attached hydrogen (secondary N) is 2. The lowest BCUT2D eigenvalue weighted by atomic mass is 10.1. The average Bonchev–Trinajstić information content (AvgIpc) is 2.24. The van der Waals surface area contributed by atoms with E-state index in [9.17, 15) is 13.2 Å². The predicted molar refractivity (Wildman–Crippen MR) is 84.0 cm³/mol. The first-order chi connectivity index (χ1) is 9.48. The first kappa shape index (κ1) is 17.5. The maximum Gasteiger partial charge on any atom is 0.238 e. The third kappa shape index (κ3) is 6.59. The Kier molecular flexibility index (Phi) is 5.36. The molecule has 1 atom stereocenters. The van der Waals surface area contributed by atoms with Crippen molar-refractivity contribution in [1.29, 1.82) is 0 Å². The van der Waals surface area contributed by atoms with Crippen molar-refractivity contribution in [3.05, 3.63) is 29.8 Å². The molecule has 0 aliphatic heterocycles. The van der Waals surface area contributed by atoms with Gasteiger partial charge in [-0.1, -0.05) is 12.1 Å². The van der Waals surface area contributed by atoms with Gasteiger partial charge >= 0.3 is 0 Å². The van der Waals surface area contributed by atoms with Crippen molar-refractivity contribution in [3.63, 3.8) is 0 Å². The van der Waals surface area contributed by atoms with Crippen molar-refractivity contribution in [3.8, 4) is 0 Å². The molecule has 0 spiro atoms. The lowest BCUT2D eigenvalue weighted by Gasteiger charge is -2.23. The fourth-order valence-electron chi connectivity index (χ4n) is 1.74.